The number of para-hydroxylation sites is 1. The van der Waals surface area contributed by atoms with Gasteiger partial charge in [0.05, 0.1) is 11.2 Å². The fraction of sp³-hybridized carbons (Fsp3) is 0.417. The van der Waals surface area contributed by atoms with Crippen LogP contribution in [0.2, 0.25) is 0 Å². The zero-order valence-electron chi connectivity index (χ0n) is 9.49. The Hall–Kier alpha value is -1.35. The molecule has 1 unspecified atom stereocenters. The van der Waals surface area contributed by atoms with E-state index < -0.39 is 0 Å². The van der Waals surface area contributed by atoms with Crippen molar-refractivity contribution in [2.45, 2.75) is 33.4 Å². The topological polar surface area (TPSA) is 43.8 Å². The normalized spacial score (nSPS) is 13.3. The van der Waals surface area contributed by atoms with Gasteiger partial charge in [-0.2, -0.15) is 5.10 Å². The summed E-state index contributed by atoms with van der Waals surface area (Å²) in [6.45, 7) is 7.04. The fourth-order valence-electron chi connectivity index (χ4n) is 2.02. The van der Waals surface area contributed by atoms with Crippen LogP contribution in [0.15, 0.2) is 18.2 Å². The summed E-state index contributed by atoms with van der Waals surface area (Å²) >= 11 is 0. The summed E-state index contributed by atoms with van der Waals surface area (Å²) in [7, 11) is 0. The molecule has 1 heterocycles. The number of hydrogen-bond acceptors (Lipinski definition) is 2. The van der Waals surface area contributed by atoms with Crippen LogP contribution in [-0.4, -0.2) is 9.78 Å². The van der Waals surface area contributed by atoms with Crippen LogP contribution in [0, 0.1) is 6.92 Å². The lowest BCUT2D eigenvalue weighted by molar-refractivity contribution is 0.669. The lowest BCUT2D eigenvalue weighted by atomic mass is 10.0. The van der Waals surface area contributed by atoms with Gasteiger partial charge in [-0.05, 0) is 26.3 Å². The molecule has 15 heavy (non-hydrogen) atoms. The molecule has 3 heteroatoms. The highest BCUT2D eigenvalue weighted by molar-refractivity contribution is 5.85. The maximum absolute atomic E-state index is 5.97. The summed E-state index contributed by atoms with van der Waals surface area (Å²) in [6, 6.07) is 6.29. The Balaban J connectivity index is 2.82. The first-order valence-electron chi connectivity index (χ1n) is 5.36. The predicted octanol–water partition coefficient (Wildman–Crippen LogP) is 2.38. The van der Waals surface area contributed by atoms with E-state index >= 15 is 0 Å². The average molecular weight is 203 g/mol. The van der Waals surface area contributed by atoms with E-state index in [4.69, 9.17) is 5.73 Å². The molecule has 2 N–H and O–H groups in total. The molecular formula is C12H17N3. The standard InChI is InChI=1S/C12H17N3/c1-4-15-12-10(8(2)13)6-5-7-11(12)9(3)14-15/h5-8H,4,13H2,1-3H3. The molecule has 0 spiro atoms. The first kappa shape index (κ1) is 10.2. The highest BCUT2D eigenvalue weighted by atomic mass is 15.3. The van der Waals surface area contributed by atoms with Gasteiger partial charge in [0.1, 0.15) is 0 Å². The summed E-state index contributed by atoms with van der Waals surface area (Å²) in [5, 5.41) is 5.73. The summed E-state index contributed by atoms with van der Waals surface area (Å²) in [4.78, 5) is 0. The maximum Gasteiger partial charge on any atom is 0.0732 e. The first-order valence-corrected chi connectivity index (χ1v) is 5.36. The minimum Gasteiger partial charge on any atom is -0.324 e. The first-order chi connectivity index (χ1) is 7.15. The number of rotatable bonds is 2. The number of nitrogens with zero attached hydrogens (tertiary/aromatic N) is 2. The Labute approximate surface area is 89.9 Å². The number of hydrogen-bond donors (Lipinski definition) is 1. The van der Waals surface area contributed by atoms with E-state index in [1.807, 2.05) is 18.5 Å². The average Bonchev–Trinajstić information content (AvgIpc) is 2.55. The van der Waals surface area contributed by atoms with Gasteiger partial charge in [-0.1, -0.05) is 18.2 Å². The van der Waals surface area contributed by atoms with Crippen LogP contribution in [-0.2, 0) is 6.54 Å². The fourth-order valence-corrected chi connectivity index (χ4v) is 2.02. The van der Waals surface area contributed by atoms with E-state index in [-0.39, 0.29) is 6.04 Å². The van der Waals surface area contributed by atoms with Crippen molar-refractivity contribution in [3.05, 3.63) is 29.5 Å². The molecule has 0 aliphatic carbocycles. The summed E-state index contributed by atoms with van der Waals surface area (Å²) in [6.07, 6.45) is 0. The van der Waals surface area contributed by atoms with Crippen LogP contribution in [0.25, 0.3) is 10.9 Å². The molecule has 0 saturated carbocycles. The van der Waals surface area contributed by atoms with Gasteiger partial charge in [-0.15, -0.1) is 0 Å². The van der Waals surface area contributed by atoms with Gasteiger partial charge in [-0.25, -0.2) is 0 Å². The van der Waals surface area contributed by atoms with Crippen molar-refractivity contribution in [2.24, 2.45) is 5.73 Å². The zero-order valence-corrected chi connectivity index (χ0v) is 9.49. The second kappa shape index (κ2) is 3.66. The van der Waals surface area contributed by atoms with Crippen molar-refractivity contribution in [3.8, 4) is 0 Å². The third kappa shape index (κ3) is 1.53. The molecule has 0 fully saturated rings. The highest BCUT2D eigenvalue weighted by Crippen LogP contribution is 2.25. The lowest BCUT2D eigenvalue weighted by Crippen LogP contribution is -2.08. The Kier molecular flexibility index (Phi) is 2.49. The molecule has 0 amide bonds. The largest absolute Gasteiger partial charge is 0.324 e. The Morgan fingerprint density at radius 1 is 1.47 bits per heavy atom. The molecule has 0 aliphatic heterocycles. The molecule has 0 bridgehead atoms. The van der Waals surface area contributed by atoms with Crippen molar-refractivity contribution >= 4 is 10.9 Å². The van der Waals surface area contributed by atoms with E-state index in [0.29, 0.717) is 0 Å². The smallest absolute Gasteiger partial charge is 0.0732 e. The SMILES string of the molecule is CCn1nc(C)c2cccc(C(C)N)c21. The number of aryl methyl sites for hydroxylation is 2. The van der Waals surface area contributed by atoms with Gasteiger partial charge < -0.3 is 5.73 Å². The van der Waals surface area contributed by atoms with E-state index in [1.54, 1.807) is 0 Å². The van der Waals surface area contributed by atoms with Crippen molar-refractivity contribution in [1.82, 2.24) is 9.78 Å². The third-order valence-electron chi connectivity index (χ3n) is 2.78. The molecular weight excluding hydrogens is 186 g/mol. The summed E-state index contributed by atoms with van der Waals surface area (Å²) in [5.74, 6) is 0. The van der Waals surface area contributed by atoms with Crippen molar-refractivity contribution in [3.63, 3.8) is 0 Å². The van der Waals surface area contributed by atoms with E-state index in [0.717, 1.165) is 12.2 Å². The monoisotopic (exact) mass is 203 g/mol. The number of fused-ring (bicyclic) bond motifs is 1. The predicted molar refractivity (Wildman–Crippen MR) is 62.7 cm³/mol. The summed E-state index contributed by atoms with van der Waals surface area (Å²) in [5.41, 5.74) is 9.41. The van der Waals surface area contributed by atoms with Gasteiger partial charge >= 0.3 is 0 Å². The third-order valence-corrected chi connectivity index (χ3v) is 2.78. The molecule has 3 nitrogen and oxygen atoms in total. The van der Waals surface area contributed by atoms with Crippen molar-refractivity contribution in [1.29, 1.82) is 0 Å². The second-order valence-corrected chi connectivity index (χ2v) is 3.93. The molecule has 80 valence electrons. The molecule has 1 aromatic heterocycles. The Morgan fingerprint density at radius 3 is 2.80 bits per heavy atom. The van der Waals surface area contributed by atoms with Gasteiger partial charge in [0.15, 0.2) is 0 Å². The van der Waals surface area contributed by atoms with Crippen LogP contribution in [0.1, 0.15) is 31.1 Å². The minimum atomic E-state index is 0.0510. The number of nitrogens with two attached hydrogens (primary N) is 1. The van der Waals surface area contributed by atoms with E-state index in [9.17, 15) is 0 Å². The van der Waals surface area contributed by atoms with Crippen molar-refractivity contribution < 1.29 is 0 Å². The molecule has 2 aromatic rings. The van der Waals surface area contributed by atoms with Crippen LogP contribution in [0.5, 0.6) is 0 Å². The van der Waals surface area contributed by atoms with Crippen LogP contribution in [0.4, 0.5) is 0 Å². The van der Waals surface area contributed by atoms with Crippen LogP contribution < -0.4 is 5.73 Å². The quantitative estimate of drug-likeness (QED) is 0.814. The lowest BCUT2D eigenvalue weighted by Gasteiger charge is -2.09. The van der Waals surface area contributed by atoms with E-state index in [1.165, 1.54) is 16.5 Å². The second-order valence-electron chi connectivity index (χ2n) is 3.93. The summed E-state index contributed by atoms with van der Waals surface area (Å²) < 4.78 is 2.03. The van der Waals surface area contributed by atoms with Gasteiger partial charge in [0.2, 0.25) is 0 Å². The maximum atomic E-state index is 5.97. The number of aromatic nitrogens is 2. The van der Waals surface area contributed by atoms with Gasteiger partial charge in [0, 0.05) is 18.0 Å². The van der Waals surface area contributed by atoms with Gasteiger partial charge in [0.25, 0.3) is 0 Å². The number of benzene rings is 1. The van der Waals surface area contributed by atoms with Gasteiger partial charge in [-0.3, -0.25) is 4.68 Å². The Morgan fingerprint density at radius 2 is 2.20 bits per heavy atom. The molecule has 0 aliphatic rings. The van der Waals surface area contributed by atoms with Crippen molar-refractivity contribution in [2.75, 3.05) is 0 Å². The van der Waals surface area contributed by atoms with Crippen LogP contribution >= 0.6 is 0 Å². The molecule has 2 rings (SSSR count). The molecule has 0 radical (unpaired) electrons. The molecule has 1 atom stereocenters. The molecule has 1 aromatic carbocycles. The minimum absolute atomic E-state index is 0.0510. The van der Waals surface area contributed by atoms with E-state index in [2.05, 4.69) is 30.2 Å². The van der Waals surface area contributed by atoms with Crippen LogP contribution in [0.3, 0.4) is 0 Å². The highest BCUT2D eigenvalue weighted by Gasteiger charge is 2.12. The Bertz CT molecular complexity index is 483. The zero-order chi connectivity index (χ0) is 11.0. The molecule has 0 saturated heterocycles.